The van der Waals surface area contributed by atoms with E-state index >= 15 is 0 Å². The van der Waals surface area contributed by atoms with Gasteiger partial charge < -0.3 is 10.6 Å². The number of hydrogen-bond donors (Lipinski definition) is 1. The van der Waals surface area contributed by atoms with Crippen LogP contribution in [0.15, 0.2) is 18.2 Å². The molecule has 0 spiro atoms. The second-order valence-electron chi connectivity index (χ2n) is 6.45. The minimum atomic E-state index is 0.0470. The van der Waals surface area contributed by atoms with Crippen molar-refractivity contribution in [3.8, 4) is 0 Å². The Bertz CT molecular complexity index is 466. The number of rotatable bonds is 3. The Morgan fingerprint density at radius 3 is 2.60 bits per heavy atom. The SMILES string of the molecule is CC(N)c1ccc(N2CCCC2C2CCCC2)c(Cl)c1. The Morgan fingerprint density at radius 1 is 1.20 bits per heavy atom. The zero-order chi connectivity index (χ0) is 14.1. The average molecular weight is 293 g/mol. The van der Waals surface area contributed by atoms with Crippen LogP contribution >= 0.6 is 11.6 Å². The second kappa shape index (κ2) is 5.95. The standard InChI is InChI=1S/C17H25ClN2/c1-12(19)14-8-9-17(15(18)11-14)20-10-4-7-16(20)13-5-2-3-6-13/h8-9,11-13,16H,2-7,10,19H2,1H3. The van der Waals surface area contributed by atoms with Crippen LogP contribution in [0.2, 0.25) is 5.02 Å². The summed E-state index contributed by atoms with van der Waals surface area (Å²) in [5, 5.41) is 0.865. The maximum atomic E-state index is 6.53. The summed E-state index contributed by atoms with van der Waals surface area (Å²) in [6.45, 7) is 3.15. The fourth-order valence-corrected chi connectivity index (χ4v) is 4.26. The summed E-state index contributed by atoms with van der Waals surface area (Å²) in [6.07, 6.45) is 8.24. The van der Waals surface area contributed by atoms with Gasteiger partial charge >= 0.3 is 0 Å². The molecule has 2 aliphatic rings. The highest BCUT2D eigenvalue weighted by atomic mass is 35.5. The van der Waals surface area contributed by atoms with Crippen LogP contribution in [0, 0.1) is 5.92 Å². The molecule has 1 heterocycles. The van der Waals surface area contributed by atoms with Gasteiger partial charge in [-0.05, 0) is 56.2 Å². The summed E-state index contributed by atoms with van der Waals surface area (Å²) in [5.74, 6) is 0.877. The molecule has 0 aromatic heterocycles. The zero-order valence-corrected chi connectivity index (χ0v) is 13.1. The zero-order valence-electron chi connectivity index (χ0n) is 12.3. The van der Waals surface area contributed by atoms with E-state index < -0.39 is 0 Å². The first-order valence-corrected chi connectivity index (χ1v) is 8.36. The predicted molar refractivity (Wildman–Crippen MR) is 86.4 cm³/mol. The molecule has 3 heteroatoms. The monoisotopic (exact) mass is 292 g/mol. The first-order valence-electron chi connectivity index (χ1n) is 7.98. The smallest absolute Gasteiger partial charge is 0.0642 e. The summed E-state index contributed by atoms with van der Waals surface area (Å²) in [7, 11) is 0. The van der Waals surface area contributed by atoms with E-state index in [1.165, 1.54) is 44.2 Å². The van der Waals surface area contributed by atoms with Crippen LogP contribution in [0.3, 0.4) is 0 Å². The van der Waals surface area contributed by atoms with E-state index in [2.05, 4.69) is 17.0 Å². The molecule has 20 heavy (non-hydrogen) atoms. The summed E-state index contributed by atoms with van der Waals surface area (Å²) in [5.41, 5.74) is 8.27. The number of nitrogens with zero attached hydrogens (tertiary/aromatic N) is 1. The van der Waals surface area contributed by atoms with Crippen LogP contribution in [0.25, 0.3) is 0 Å². The summed E-state index contributed by atoms with van der Waals surface area (Å²) in [4.78, 5) is 2.56. The molecule has 3 rings (SSSR count). The van der Waals surface area contributed by atoms with Gasteiger partial charge in [0, 0.05) is 18.6 Å². The van der Waals surface area contributed by atoms with Crippen molar-refractivity contribution in [2.24, 2.45) is 11.7 Å². The molecule has 1 aliphatic heterocycles. The molecule has 2 unspecified atom stereocenters. The third-order valence-corrected chi connectivity index (χ3v) is 5.35. The summed E-state index contributed by atoms with van der Waals surface area (Å²) in [6, 6.07) is 7.11. The molecule has 2 N–H and O–H groups in total. The molecule has 110 valence electrons. The van der Waals surface area contributed by atoms with Crippen molar-refractivity contribution in [2.45, 2.75) is 57.5 Å². The Labute approximate surface area is 127 Å². The van der Waals surface area contributed by atoms with E-state index in [0.717, 1.165) is 23.0 Å². The number of nitrogens with two attached hydrogens (primary N) is 1. The van der Waals surface area contributed by atoms with Crippen molar-refractivity contribution in [2.75, 3.05) is 11.4 Å². The van der Waals surface area contributed by atoms with Crippen LogP contribution in [-0.2, 0) is 0 Å². The van der Waals surface area contributed by atoms with Gasteiger partial charge in [0.2, 0.25) is 0 Å². The van der Waals surface area contributed by atoms with Crippen LogP contribution < -0.4 is 10.6 Å². The molecule has 2 atom stereocenters. The first-order chi connectivity index (χ1) is 9.66. The lowest BCUT2D eigenvalue weighted by Gasteiger charge is -2.32. The van der Waals surface area contributed by atoms with Crippen LogP contribution in [0.4, 0.5) is 5.69 Å². The Hall–Kier alpha value is -0.730. The summed E-state index contributed by atoms with van der Waals surface area (Å²) < 4.78 is 0. The molecule has 1 saturated heterocycles. The molecular formula is C17H25ClN2. The van der Waals surface area contributed by atoms with E-state index in [-0.39, 0.29) is 6.04 Å². The lowest BCUT2D eigenvalue weighted by atomic mass is 9.95. The van der Waals surface area contributed by atoms with Gasteiger partial charge in [-0.15, -0.1) is 0 Å². The highest BCUT2D eigenvalue weighted by Crippen LogP contribution is 2.40. The van der Waals surface area contributed by atoms with Crippen molar-refractivity contribution in [3.05, 3.63) is 28.8 Å². The number of hydrogen-bond acceptors (Lipinski definition) is 2. The molecule has 1 aliphatic carbocycles. The highest BCUT2D eigenvalue weighted by molar-refractivity contribution is 6.33. The van der Waals surface area contributed by atoms with E-state index in [4.69, 9.17) is 17.3 Å². The van der Waals surface area contributed by atoms with Gasteiger partial charge in [0.25, 0.3) is 0 Å². The first kappa shape index (κ1) is 14.2. The molecule has 0 radical (unpaired) electrons. The van der Waals surface area contributed by atoms with Gasteiger partial charge in [-0.25, -0.2) is 0 Å². The van der Waals surface area contributed by atoms with E-state index in [1.807, 2.05) is 13.0 Å². The Kier molecular flexibility index (Phi) is 4.23. The molecule has 1 saturated carbocycles. The normalized spacial score (nSPS) is 25.4. The molecular weight excluding hydrogens is 268 g/mol. The van der Waals surface area contributed by atoms with Crippen molar-refractivity contribution < 1.29 is 0 Å². The molecule has 2 nitrogen and oxygen atoms in total. The number of halogens is 1. The average Bonchev–Trinajstić information content (AvgIpc) is 3.09. The quantitative estimate of drug-likeness (QED) is 0.887. The molecule has 0 amide bonds. The molecule has 0 bridgehead atoms. The molecule has 1 aromatic rings. The lowest BCUT2D eigenvalue weighted by Crippen LogP contribution is -2.34. The van der Waals surface area contributed by atoms with Crippen molar-refractivity contribution in [1.29, 1.82) is 0 Å². The van der Waals surface area contributed by atoms with E-state index in [9.17, 15) is 0 Å². The van der Waals surface area contributed by atoms with Crippen LogP contribution in [0.5, 0.6) is 0 Å². The predicted octanol–water partition coefficient (Wildman–Crippen LogP) is 4.52. The molecule has 2 fully saturated rings. The minimum absolute atomic E-state index is 0.0470. The largest absolute Gasteiger partial charge is 0.367 e. The third kappa shape index (κ3) is 2.68. The number of benzene rings is 1. The van der Waals surface area contributed by atoms with E-state index in [0.29, 0.717) is 6.04 Å². The third-order valence-electron chi connectivity index (χ3n) is 5.05. The van der Waals surface area contributed by atoms with Gasteiger partial charge in [-0.1, -0.05) is 30.5 Å². The lowest BCUT2D eigenvalue weighted by molar-refractivity contribution is 0.431. The highest BCUT2D eigenvalue weighted by Gasteiger charge is 2.34. The molecule has 1 aromatic carbocycles. The van der Waals surface area contributed by atoms with Gasteiger partial charge in [0.15, 0.2) is 0 Å². The Morgan fingerprint density at radius 2 is 1.95 bits per heavy atom. The van der Waals surface area contributed by atoms with Gasteiger partial charge in [-0.2, -0.15) is 0 Å². The topological polar surface area (TPSA) is 29.3 Å². The van der Waals surface area contributed by atoms with Gasteiger partial charge in [0.05, 0.1) is 10.7 Å². The maximum Gasteiger partial charge on any atom is 0.0642 e. The fraction of sp³-hybridized carbons (Fsp3) is 0.647. The van der Waals surface area contributed by atoms with Crippen molar-refractivity contribution in [3.63, 3.8) is 0 Å². The van der Waals surface area contributed by atoms with Gasteiger partial charge in [0.1, 0.15) is 0 Å². The number of anilines is 1. The van der Waals surface area contributed by atoms with Crippen LogP contribution in [-0.4, -0.2) is 12.6 Å². The minimum Gasteiger partial charge on any atom is -0.367 e. The fourth-order valence-electron chi connectivity index (χ4n) is 3.96. The second-order valence-corrected chi connectivity index (χ2v) is 6.85. The van der Waals surface area contributed by atoms with Crippen molar-refractivity contribution >= 4 is 17.3 Å². The van der Waals surface area contributed by atoms with Gasteiger partial charge in [-0.3, -0.25) is 0 Å². The van der Waals surface area contributed by atoms with E-state index in [1.54, 1.807) is 0 Å². The summed E-state index contributed by atoms with van der Waals surface area (Å²) >= 11 is 6.53. The van der Waals surface area contributed by atoms with Crippen LogP contribution in [0.1, 0.15) is 57.1 Å². The van der Waals surface area contributed by atoms with Crippen molar-refractivity contribution in [1.82, 2.24) is 0 Å². The Balaban J connectivity index is 1.83. The maximum absolute atomic E-state index is 6.53.